The summed E-state index contributed by atoms with van der Waals surface area (Å²) in [7, 11) is -6.27. The highest BCUT2D eigenvalue weighted by molar-refractivity contribution is 7.93. The molecule has 0 atom stereocenters. The fraction of sp³-hybridized carbons (Fsp3) is 0.296. The maximum atomic E-state index is 13.5. The Kier molecular flexibility index (Phi) is 9.56. The van der Waals surface area contributed by atoms with Gasteiger partial charge in [0.2, 0.25) is 15.9 Å². The molecule has 0 aliphatic carbocycles. The summed E-state index contributed by atoms with van der Waals surface area (Å²) >= 11 is 6.15. The van der Waals surface area contributed by atoms with Crippen molar-refractivity contribution >= 4 is 43.2 Å². The summed E-state index contributed by atoms with van der Waals surface area (Å²) in [4.78, 5) is 13.1. The summed E-state index contributed by atoms with van der Waals surface area (Å²) in [6, 6.07) is 18.4. The maximum Gasteiger partial charge on any atom is 0.264 e. The van der Waals surface area contributed by atoms with Crippen molar-refractivity contribution in [2.45, 2.75) is 22.6 Å². The number of anilines is 1. The first-order chi connectivity index (χ1) is 19.1. The van der Waals surface area contributed by atoms with Gasteiger partial charge in [0.1, 0.15) is 24.7 Å². The van der Waals surface area contributed by atoms with E-state index in [-0.39, 0.29) is 39.4 Å². The first-order valence-corrected chi connectivity index (χ1v) is 15.8. The topological polar surface area (TPSA) is 122 Å². The number of carbonyl (C=O) groups is 1. The van der Waals surface area contributed by atoms with Crippen molar-refractivity contribution < 1.29 is 31.1 Å². The van der Waals surface area contributed by atoms with E-state index in [4.69, 9.17) is 21.1 Å². The second-order valence-electron chi connectivity index (χ2n) is 8.92. The highest BCUT2D eigenvalue weighted by Crippen LogP contribution is 2.34. The molecule has 0 bridgehead atoms. The van der Waals surface area contributed by atoms with Crippen molar-refractivity contribution in [2.24, 2.45) is 0 Å². The van der Waals surface area contributed by atoms with Crippen LogP contribution in [-0.4, -0.2) is 66.9 Å². The number of amides is 1. The summed E-state index contributed by atoms with van der Waals surface area (Å²) in [6.45, 7) is 0.675. The first-order valence-electron chi connectivity index (χ1n) is 12.5. The number of sulfonamides is 2. The molecule has 1 N–H and O–H groups in total. The SMILES string of the molecule is COc1ccc(Cl)cc1N(CC(=O)NCCOc1ccc(S(=O)(=O)N2CCCC2)cc1)S(=O)(=O)c1ccccc1. The smallest absolute Gasteiger partial charge is 0.264 e. The molecule has 4 rings (SSSR count). The molecule has 214 valence electrons. The normalized spacial score (nSPS) is 14.1. The molecule has 1 saturated heterocycles. The molecule has 1 aliphatic rings. The number of hydrogen-bond acceptors (Lipinski definition) is 7. The fourth-order valence-corrected chi connectivity index (χ4v) is 7.34. The lowest BCUT2D eigenvalue weighted by Gasteiger charge is -2.25. The van der Waals surface area contributed by atoms with E-state index in [0.717, 1.165) is 17.1 Å². The number of hydrogen-bond donors (Lipinski definition) is 1. The molecule has 0 unspecified atom stereocenters. The van der Waals surface area contributed by atoms with E-state index < -0.39 is 32.5 Å². The molecular weight excluding hydrogens is 578 g/mol. The number of nitrogens with zero attached hydrogens (tertiary/aromatic N) is 2. The molecule has 3 aromatic rings. The van der Waals surface area contributed by atoms with Gasteiger partial charge in [-0.1, -0.05) is 29.8 Å². The number of ether oxygens (including phenoxy) is 2. The summed E-state index contributed by atoms with van der Waals surface area (Å²) in [5, 5.41) is 2.93. The Morgan fingerprint density at radius 1 is 0.950 bits per heavy atom. The van der Waals surface area contributed by atoms with E-state index in [1.165, 1.54) is 47.8 Å². The lowest BCUT2D eigenvalue weighted by atomic mass is 10.3. The van der Waals surface area contributed by atoms with Crippen molar-refractivity contribution in [3.8, 4) is 11.5 Å². The summed E-state index contributed by atoms with van der Waals surface area (Å²) < 4.78 is 65.8. The van der Waals surface area contributed by atoms with Gasteiger partial charge in [0.15, 0.2) is 0 Å². The van der Waals surface area contributed by atoms with Crippen LogP contribution in [0.5, 0.6) is 11.5 Å². The van der Waals surface area contributed by atoms with Gasteiger partial charge in [-0.15, -0.1) is 0 Å². The number of rotatable bonds is 12. The largest absolute Gasteiger partial charge is 0.495 e. The number of methoxy groups -OCH3 is 1. The van der Waals surface area contributed by atoms with Crippen molar-refractivity contribution in [1.82, 2.24) is 9.62 Å². The molecule has 1 aliphatic heterocycles. The molecule has 1 amide bonds. The molecule has 1 fully saturated rings. The van der Waals surface area contributed by atoms with Gasteiger partial charge in [-0.2, -0.15) is 4.31 Å². The average molecular weight is 608 g/mol. The molecule has 10 nitrogen and oxygen atoms in total. The Bertz CT molecular complexity index is 1530. The van der Waals surface area contributed by atoms with E-state index in [0.29, 0.717) is 18.8 Å². The van der Waals surface area contributed by atoms with Gasteiger partial charge in [0.25, 0.3) is 10.0 Å². The van der Waals surface area contributed by atoms with Crippen LogP contribution in [0.25, 0.3) is 0 Å². The fourth-order valence-electron chi connectivity index (χ4n) is 4.21. The number of carbonyl (C=O) groups excluding carboxylic acids is 1. The lowest BCUT2D eigenvalue weighted by molar-refractivity contribution is -0.119. The van der Waals surface area contributed by atoms with Gasteiger partial charge in [-0.25, -0.2) is 16.8 Å². The number of benzene rings is 3. The Morgan fingerprint density at radius 3 is 2.27 bits per heavy atom. The van der Waals surface area contributed by atoms with E-state index in [1.807, 2.05) is 0 Å². The van der Waals surface area contributed by atoms with Crippen LogP contribution >= 0.6 is 11.6 Å². The Labute approximate surface area is 239 Å². The van der Waals surface area contributed by atoms with Crippen molar-refractivity contribution in [3.05, 3.63) is 77.8 Å². The second kappa shape index (κ2) is 12.9. The summed E-state index contributed by atoms with van der Waals surface area (Å²) in [5.41, 5.74) is 0.120. The zero-order chi connectivity index (χ0) is 28.8. The predicted octanol–water partition coefficient (Wildman–Crippen LogP) is 3.52. The van der Waals surface area contributed by atoms with Gasteiger partial charge in [0, 0.05) is 18.1 Å². The molecular formula is C27H30ClN3O7S2. The van der Waals surface area contributed by atoms with Crippen LogP contribution in [0, 0.1) is 0 Å². The van der Waals surface area contributed by atoms with Crippen LogP contribution < -0.4 is 19.1 Å². The molecule has 0 radical (unpaired) electrons. The van der Waals surface area contributed by atoms with Gasteiger partial charge >= 0.3 is 0 Å². The van der Waals surface area contributed by atoms with Crippen molar-refractivity contribution in [2.75, 3.05) is 44.2 Å². The third-order valence-electron chi connectivity index (χ3n) is 6.25. The van der Waals surface area contributed by atoms with E-state index in [9.17, 15) is 21.6 Å². The third-order valence-corrected chi connectivity index (χ3v) is 10.2. The number of halogens is 1. The molecule has 0 saturated carbocycles. The highest BCUT2D eigenvalue weighted by atomic mass is 35.5. The average Bonchev–Trinajstić information content (AvgIpc) is 3.51. The Balaban J connectivity index is 1.39. The van der Waals surface area contributed by atoms with Crippen LogP contribution in [0.3, 0.4) is 0 Å². The molecule has 40 heavy (non-hydrogen) atoms. The summed E-state index contributed by atoms with van der Waals surface area (Å²) in [6.07, 6.45) is 1.71. The minimum absolute atomic E-state index is 0.00311. The van der Waals surface area contributed by atoms with Crippen LogP contribution in [0.15, 0.2) is 82.6 Å². The zero-order valence-corrected chi connectivity index (χ0v) is 24.2. The zero-order valence-electron chi connectivity index (χ0n) is 21.8. The van der Waals surface area contributed by atoms with Gasteiger partial charge in [0.05, 0.1) is 29.1 Å². The highest BCUT2D eigenvalue weighted by Gasteiger charge is 2.30. The van der Waals surface area contributed by atoms with Crippen LogP contribution in [0.2, 0.25) is 5.02 Å². The number of nitrogens with one attached hydrogen (secondary N) is 1. The molecule has 0 aromatic heterocycles. The first kappa shape index (κ1) is 29.7. The minimum Gasteiger partial charge on any atom is -0.495 e. The summed E-state index contributed by atoms with van der Waals surface area (Å²) in [5.74, 6) is 0.0963. The van der Waals surface area contributed by atoms with Crippen LogP contribution in [0.4, 0.5) is 5.69 Å². The second-order valence-corrected chi connectivity index (χ2v) is 13.2. The van der Waals surface area contributed by atoms with E-state index in [2.05, 4.69) is 5.32 Å². The van der Waals surface area contributed by atoms with Gasteiger partial charge in [-0.05, 0) is 67.4 Å². The van der Waals surface area contributed by atoms with Crippen LogP contribution in [-0.2, 0) is 24.8 Å². The third kappa shape index (κ3) is 6.87. The van der Waals surface area contributed by atoms with E-state index >= 15 is 0 Å². The van der Waals surface area contributed by atoms with Gasteiger partial charge < -0.3 is 14.8 Å². The maximum absolute atomic E-state index is 13.5. The minimum atomic E-state index is -4.14. The standard InChI is InChI=1S/C27H30ClN3O7S2/c1-37-26-14-9-21(28)19-25(26)31(40(35,36)23-7-3-2-4-8-23)20-27(32)29-15-18-38-22-10-12-24(13-11-22)39(33,34)30-16-5-6-17-30/h2-4,7-14,19H,5-6,15-18,20H2,1H3,(H,29,32). The van der Waals surface area contributed by atoms with Gasteiger partial charge in [-0.3, -0.25) is 9.10 Å². The molecule has 1 heterocycles. The Hall–Kier alpha value is -3.32. The quantitative estimate of drug-likeness (QED) is 0.313. The lowest BCUT2D eigenvalue weighted by Crippen LogP contribution is -2.42. The molecule has 13 heteroatoms. The Morgan fingerprint density at radius 2 is 1.62 bits per heavy atom. The van der Waals surface area contributed by atoms with E-state index in [1.54, 1.807) is 36.4 Å². The molecule has 3 aromatic carbocycles. The predicted molar refractivity (Wildman–Crippen MR) is 152 cm³/mol. The van der Waals surface area contributed by atoms with Crippen molar-refractivity contribution in [1.29, 1.82) is 0 Å². The van der Waals surface area contributed by atoms with Crippen molar-refractivity contribution in [3.63, 3.8) is 0 Å². The molecule has 0 spiro atoms. The van der Waals surface area contributed by atoms with Crippen LogP contribution in [0.1, 0.15) is 12.8 Å². The monoisotopic (exact) mass is 607 g/mol.